The van der Waals surface area contributed by atoms with Gasteiger partial charge in [-0.05, 0) is 68.7 Å². The Morgan fingerprint density at radius 1 is 1.17 bits per heavy atom. The first-order valence-corrected chi connectivity index (χ1v) is 10.4. The summed E-state index contributed by atoms with van der Waals surface area (Å²) in [5.74, 6) is 1.80. The number of phenolic OH excluding ortho intramolecular Hbond substituents is 1. The molecule has 0 radical (unpaired) electrons. The predicted octanol–water partition coefficient (Wildman–Crippen LogP) is 4.23. The van der Waals surface area contributed by atoms with E-state index in [1.54, 1.807) is 25.1 Å². The number of rotatable bonds is 3. The minimum Gasteiger partial charge on any atom is -0.507 e. The van der Waals surface area contributed by atoms with Crippen LogP contribution in [0.5, 0.6) is 5.75 Å². The second kappa shape index (κ2) is 7.07. The molecule has 2 heterocycles. The van der Waals surface area contributed by atoms with Crippen molar-refractivity contribution in [3.8, 4) is 17.0 Å². The molecule has 6 nitrogen and oxygen atoms in total. The van der Waals surface area contributed by atoms with E-state index in [1.807, 2.05) is 11.9 Å². The van der Waals surface area contributed by atoms with Crippen LogP contribution in [0.15, 0.2) is 39.5 Å². The molecule has 2 bridgehead atoms. The van der Waals surface area contributed by atoms with E-state index in [0.29, 0.717) is 39.7 Å². The van der Waals surface area contributed by atoms with Gasteiger partial charge in [0, 0.05) is 18.7 Å². The number of fused-ring (bicyclic) bond motifs is 3. The molecule has 0 unspecified atom stereocenters. The highest BCUT2D eigenvalue weighted by Crippen LogP contribution is 2.45. The fraction of sp³-hybridized carbons (Fsp3) is 0.435. The van der Waals surface area contributed by atoms with Crippen molar-refractivity contribution in [1.29, 1.82) is 0 Å². The molecule has 4 atom stereocenters. The second-order valence-electron chi connectivity index (χ2n) is 8.66. The summed E-state index contributed by atoms with van der Waals surface area (Å²) in [6.07, 6.45) is 3.12. The van der Waals surface area contributed by atoms with Crippen molar-refractivity contribution in [3.63, 3.8) is 0 Å². The molecule has 2 fully saturated rings. The third-order valence-corrected chi connectivity index (χ3v) is 6.73. The second-order valence-corrected chi connectivity index (χ2v) is 8.66. The number of halogens is 1. The first kappa shape index (κ1) is 19.0. The lowest BCUT2D eigenvalue weighted by atomic mass is 9.83. The van der Waals surface area contributed by atoms with Gasteiger partial charge >= 0.3 is 0 Å². The zero-order valence-electron chi connectivity index (χ0n) is 17.0. The molecule has 2 aromatic heterocycles. The fourth-order valence-corrected chi connectivity index (χ4v) is 5.12. The number of hydrogen-bond donors (Lipinski definition) is 1. The molecule has 1 aromatic carbocycles. The zero-order chi connectivity index (χ0) is 21.0. The standard InChI is InChI=1S/C23H24FN3O3/c1-12-7-19(28)16-10-20(29)15(11-21(16)30-12)17-5-6-22(26-25-17)27(2)18-9-13-3-4-14(8-13)23(18)24/h5-7,10-11,13-14,18,23,29H,3-4,8-9H2,1-2H3/t13-,14+,18+,23-/m0/s1. The van der Waals surface area contributed by atoms with E-state index in [4.69, 9.17) is 4.42 Å². The molecule has 2 aliphatic carbocycles. The number of benzene rings is 1. The average molecular weight is 409 g/mol. The number of aromatic nitrogens is 2. The van der Waals surface area contributed by atoms with E-state index in [1.165, 1.54) is 12.1 Å². The SMILES string of the molecule is Cc1cc(=O)c2cc(O)c(-c3ccc(N(C)[C@@H]4C[C@H]5CC[C@H](C5)[C@@H]4F)nn3)cc2o1. The van der Waals surface area contributed by atoms with Gasteiger partial charge in [0.2, 0.25) is 0 Å². The van der Waals surface area contributed by atoms with Crippen molar-refractivity contribution < 1.29 is 13.9 Å². The van der Waals surface area contributed by atoms with Gasteiger partial charge in [-0.25, -0.2) is 4.39 Å². The number of aryl methyl sites for hydroxylation is 1. The van der Waals surface area contributed by atoms with Gasteiger partial charge in [-0.1, -0.05) is 0 Å². The van der Waals surface area contributed by atoms with Crippen LogP contribution >= 0.6 is 0 Å². The van der Waals surface area contributed by atoms with Gasteiger partial charge in [0.15, 0.2) is 11.2 Å². The number of alkyl halides is 1. The first-order chi connectivity index (χ1) is 14.4. The van der Waals surface area contributed by atoms with Crippen molar-refractivity contribution in [2.45, 2.75) is 44.8 Å². The van der Waals surface area contributed by atoms with Crippen LogP contribution in [0.2, 0.25) is 0 Å². The molecule has 0 saturated heterocycles. The maximum absolute atomic E-state index is 14.9. The van der Waals surface area contributed by atoms with Gasteiger partial charge in [-0.3, -0.25) is 4.79 Å². The summed E-state index contributed by atoms with van der Waals surface area (Å²) in [5.41, 5.74) is 1.06. The van der Waals surface area contributed by atoms with E-state index >= 15 is 0 Å². The van der Waals surface area contributed by atoms with Crippen molar-refractivity contribution in [1.82, 2.24) is 10.2 Å². The third-order valence-electron chi connectivity index (χ3n) is 6.73. The van der Waals surface area contributed by atoms with Gasteiger partial charge in [0.1, 0.15) is 23.3 Å². The van der Waals surface area contributed by atoms with Crippen molar-refractivity contribution in [2.75, 3.05) is 11.9 Å². The largest absolute Gasteiger partial charge is 0.507 e. The molecule has 0 amide bonds. The molecule has 30 heavy (non-hydrogen) atoms. The third kappa shape index (κ3) is 3.13. The van der Waals surface area contributed by atoms with Crippen molar-refractivity contribution in [2.24, 2.45) is 11.8 Å². The topological polar surface area (TPSA) is 79.5 Å². The average Bonchev–Trinajstić information content (AvgIpc) is 3.14. The van der Waals surface area contributed by atoms with E-state index in [0.717, 1.165) is 25.7 Å². The Morgan fingerprint density at radius 2 is 2.00 bits per heavy atom. The van der Waals surface area contributed by atoms with Crippen LogP contribution in [-0.4, -0.2) is 34.6 Å². The van der Waals surface area contributed by atoms with E-state index in [2.05, 4.69) is 10.2 Å². The Labute approximate surface area is 173 Å². The quantitative estimate of drug-likeness (QED) is 0.698. The van der Waals surface area contributed by atoms with Gasteiger partial charge in [0.25, 0.3) is 0 Å². The molecule has 7 heteroatoms. The van der Waals surface area contributed by atoms with E-state index in [-0.39, 0.29) is 23.1 Å². The number of anilines is 1. The highest BCUT2D eigenvalue weighted by atomic mass is 19.1. The van der Waals surface area contributed by atoms with E-state index in [9.17, 15) is 14.3 Å². The summed E-state index contributed by atoms with van der Waals surface area (Å²) in [6.45, 7) is 1.70. The van der Waals surface area contributed by atoms with Crippen LogP contribution in [0, 0.1) is 18.8 Å². The van der Waals surface area contributed by atoms with Crippen LogP contribution in [-0.2, 0) is 0 Å². The number of phenols is 1. The Balaban J connectivity index is 1.45. The molecular weight excluding hydrogens is 385 g/mol. The minimum absolute atomic E-state index is 0.0678. The molecule has 2 saturated carbocycles. The maximum atomic E-state index is 14.9. The fourth-order valence-electron chi connectivity index (χ4n) is 5.12. The summed E-state index contributed by atoms with van der Waals surface area (Å²) in [7, 11) is 1.87. The summed E-state index contributed by atoms with van der Waals surface area (Å²) >= 11 is 0. The molecule has 0 spiro atoms. The molecule has 0 aliphatic heterocycles. The van der Waals surface area contributed by atoms with Crippen LogP contribution < -0.4 is 10.3 Å². The lowest BCUT2D eigenvalue weighted by Crippen LogP contribution is -2.46. The van der Waals surface area contributed by atoms with E-state index < -0.39 is 6.17 Å². The summed E-state index contributed by atoms with van der Waals surface area (Å²) in [5, 5.41) is 19.3. The van der Waals surface area contributed by atoms with Crippen LogP contribution in [0.25, 0.3) is 22.2 Å². The highest BCUT2D eigenvalue weighted by molar-refractivity contribution is 5.85. The maximum Gasteiger partial charge on any atom is 0.193 e. The normalized spacial score (nSPS) is 25.6. The highest BCUT2D eigenvalue weighted by Gasteiger charge is 2.44. The minimum atomic E-state index is -0.842. The molecular formula is C23H24FN3O3. The molecule has 5 rings (SSSR count). The Kier molecular flexibility index (Phi) is 4.49. The van der Waals surface area contributed by atoms with Crippen LogP contribution in [0.3, 0.4) is 0 Å². The molecule has 2 aliphatic rings. The number of nitrogens with zero attached hydrogens (tertiary/aromatic N) is 3. The smallest absolute Gasteiger partial charge is 0.193 e. The summed E-state index contributed by atoms with van der Waals surface area (Å²) in [6, 6.07) is 7.75. The van der Waals surface area contributed by atoms with Crippen LogP contribution in [0.1, 0.15) is 31.4 Å². The Bertz CT molecular complexity index is 1160. The van der Waals surface area contributed by atoms with Gasteiger partial charge in [0.05, 0.1) is 17.1 Å². The summed E-state index contributed by atoms with van der Waals surface area (Å²) < 4.78 is 20.6. The van der Waals surface area contributed by atoms with Gasteiger partial charge in [-0.15, -0.1) is 10.2 Å². The summed E-state index contributed by atoms with van der Waals surface area (Å²) in [4.78, 5) is 14.0. The number of aromatic hydroxyl groups is 1. The predicted molar refractivity (Wildman–Crippen MR) is 112 cm³/mol. The monoisotopic (exact) mass is 409 g/mol. The lowest BCUT2D eigenvalue weighted by Gasteiger charge is -2.38. The van der Waals surface area contributed by atoms with Gasteiger partial charge < -0.3 is 14.4 Å². The van der Waals surface area contributed by atoms with Crippen molar-refractivity contribution in [3.05, 3.63) is 46.3 Å². The van der Waals surface area contributed by atoms with Gasteiger partial charge in [-0.2, -0.15) is 0 Å². The number of hydrogen-bond acceptors (Lipinski definition) is 6. The molecule has 1 N–H and O–H groups in total. The lowest BCUT2D eigenvalue weighted by molar-refractivity contribution is 0.144. The van der Waals surface area contributed by atoms with Crippen molar-refractivity contribution >= 4 is 16.8 Å². The Morgan fingerprint density at radius 3 is 2.77 bits per heavy atom. The molecule has 156 valence electrons. The zero-order valence-corrected chi connectivity index (χ0v) is 17.0. The Hall–Kier alpha value is -2.96. The first-order valence-electron chi connectivity index (χ1n) is 10.4. The molecule has 3 aromatic rings. The van der Waals surface area contributed by atoms with Crippen LogP contribution in [0.4, 0.5) is 10.2 Å².